The molecule has 0 aliphatic rings. The van der Waals surface area contributed by atoms with Crippen LogP contribution in [0.1, 0.15) is 31.9 Å². The van der Waals surface area contributed by atoms with Gasteiger partial charge in [-0.3, -0.25) is 9.10 Å². The van der Waals surface area contributed by atoms with Crippen molar-refractivity contribution in [1.82, 2.24) is 5.32 Å². The van der Waals surface area contributed by atoms with Gasteiger partial charge in [0, 0.05) is 0 Å². The molecule has 0 spiro atoms. The monoisotopic (exact) mass is 438 g/mol. The van der Waals surface area contributed by atoms with Gasteiger partial charge >= 0.3 is 0 Å². The van der Waals surface area contributed by atoms with Crippen LogP contribution >= 0.6 is 0 Å². The summed E-state index contributed by atoms with van der Waals surface area (Å²) < 4.78 is 49.8. The van der Waals surface area contributed by atoms with Gasteiger partial charge in [0.25, 0.3) is 0 Å². The number of anilines is 1. The van der Waals surface area contributed by atoms with Crippen molar-refractivity contribution in [2.24, 2.45) is 0 Å². The maximum atomic E-state index is 13.7. The summed E-state index contributed by atoms with van der Waals surface area (Å²) in [6.45, 7) is 3.36. The zero-order valence-electron chi connectivity index (χ0n) is 17.7. The number of hydrogen-bond acceptors (Lipinski definition) is 5. The van der Waals surface area contributed by atoms with Crippen molar-refractivity contribution in [2.75, 3.05) is 24.8 Å². The van der Waals surface area contributed by atoms with Crippen molar-refractivity contribution in [3.63, 3.8) is 0 Å². The van der Waals surface area contributed by atoms with Crippen LogP contribution in [0.5, 0.6) is 11.5 Å². The molecule has 0 aliphatic heterocycles. The van der Waals surface area contributed by atoms with Crippen LogP contribution < -0.4 is 19.1 Å². The van der Waals surface area contributed by atoms with Crippen molar-refractivity contribution in [1.29, 1.82) is 0 Å². The molecule has 0 radical (unpaired) electrons. The first-order chi connectivity index (χ1) is 14.1. The van der Waals surface area contributed by atoms with Crippen LogP contribution in [-0.4, -0.2) is 40.8 Å². The number of sulfonamides is 1. The number of amides is 1. The van der Waals surface area contributed by atoms with Crippen molar-refractivity contribution >= 4 is 21.6 Å². The number of ether oxygens (including phenoxy) is 2. The first kappa shape index (κ1) is 23.5. The Morgan fingerprint density at radius 3 is 2.33 bits per heavy atom. The van der Waals surface area contributed by atoms with Crippen LogP contribution in [0.2, 0.25) is 0 Å². The number of benzene rings is 2. The molecule has 2 aromatic rings. The molecule has 0 aliphatic carbocycles. The Balaban J connectivity index is 2.31. The Hall–Kier alpha value is -2.81. The number of methoxy groups -OCH3 is 2. The largest absolute Gasteiger partial charge is 0.493 e. The van der Waals surface area contributed by atoms with Crippen LogP contribution in [-0.2, 0) is 14.8 Å². The first-order valence-corrected chi connectivity index (χ1v) is 11.2. The first-order valence-electron chi connectivity index (χ1n) is 9.39. The molecule has 0 bridgehead atoms. The van der Waals surface area contributed by atoms with Crippen LogP contribution in [0.4, 0.5) is 10.1 Å². The summed E-state index contributed by atoms with van der Waals surface area (Å²) in [5, 5.41) is 2.87. The minimum absolute atomic E-state index is 0.0827. The number of halogens is 1. The van der Waals surface area contributed by atoms with E-state index < -0.39 is 27.8 Å². The normalized spacial score (nSPS) is 13.3. The Morgan fingerprint density at radius 2 is 1.80 bits per heavy atom. The Morgan fingerprint density at radius 1 is 1.13 bits per heavy atom. The highest BCUT2D eigenvalue weighted by atomic mass is 32.2. The van der Waals surface area contributed by atoms with Gasteiger partial charge in [0.05, 0.1) is 32.2 Å². The minimum Gasteiger partial charge on any atom is -0.493 e. The van der Waals surface area contributed by atoms with Gasteiger partial charge in [0.15, 0.2) is 11.5 Å². The van der Waals surface area contributed by atoms with Gasteiger partial charge in [-0.25, -0.2) is 12.8 Å². The Bertz CT molecular complexity index is 997. The smallest absolute Gasteiger partial charge is 0.244 e. The van der Waals surface area contributed by atoms with E-state index in [0.717, 1.165) is 22.2 Å². The molecule has 2 aromatic carbocycles. The predicted molar refractivity (Wildman–Crippen MR) is 114 cm³/mol. The van der Waals surface area contributed by atoms with E-state index in [-0.39, 0.29) is 11.7 Å². The number of hydrogen-bond donors (Lipinski definition) is 1. The average Bonchev–Trinajstić information content (AvgIpc) is 2.70. The van der Waals surface area contributed by atoms with Crippen molar-refractivity contribution in [3.05, 3.63) is 53.8 Å². The second-order valence-corrected chi connectivity index (χ2v) is 8.66. The number of carbonyl (C=O) groups excluding carboxylic acids is 1. The fourth-order valence-corrected chi connectivity index (χ4v) is 4.37. The van der Waals surface area contributed by atoms with Crippen molar-refractivity contribution in [3.8, 4) is 11.5 Å². The van der Waals surface area contributed by atoms with Gasteiger partial charge in [0.1, 0.15) is 11.9 Å². The van der Waals surface area contributed by atoms with Crippen LogP contribution in [0.25, 0.3) is 0 Å². The summed E-state index contributed by atoms with van der Waals surface area (Å²) in [6, 6.07) is 8.97. The number of carbonyl (C=O) groups is 1. The van der Waals surface area contributed by atoms with Gasteiger partial charge in [-0.2, -0.15) is 0 Å². The third-order valence-corrected chi connectivity index (χ3v) is 5.93. The van der Waals surface area contributed by atoms with Gasteiger partial charge in [-0.15, -0.1) is 0 Å². The number of rotatable bonds is 9. The zero-order chi connectivity index (χ0) is 22.5. The molecule has 7 nitrogen and oxygen atoms in total. The lowest BCUT2D eigenvalue weighted by atomic mass is 10.0. The summed E-state index contributed by atoms with van der Waals surface area (Å²) in [5.74, 6) is -0.0183. The van der Waals surface area contributed by atoms with Crippen molar-refractivity contribution in [2.45, 2.75) is 32.4 Å². The third-order valence-electron chi connectivity index (χ3n) is 4.69. The average molecular weight is 439 g/mol. The van der Waals surface area contributed by atoms with Crippen molar-refractivity contribution < 1.29 is 27.1 Å². The highest BCUT2D eigenvalue weighted by molar-refractivity contribution is 7.92. The van der Waals surface area contributed by atoms with E-state index in [1.165, 1.54) is 39.3 Å². The summed E-state index contributed by atoms with van der Waals surface area (Å²) in [7, 11) is -0.784. The van der Waals surface area contributed by atoms with Crippen LogP contribution in [0.3, 0.4) is 0 Å². The molecule has 1 amide bonds. The molecule has 30 heavy (non-hydrogen) atoms. The van der Waals surface area contributed by atoms with Crippen LogP contribution in [0.15, 0.2) is 42.5 Å². The highest BCUT2D eigenvalue weighted by Crippen LogP contribution is 2.31. The summed E-state index contributed by atoms with van der Waals surface area (Å²) in [4.78, 5) is 12.9. The van der Waals surface area contributed by atoms with E-state index in [4.69, 9.17) is 9.47 Å². The molecule has 9 heteroatoms. The summed E-state index contributed by atoms with van der Waals surface area (Å²) in [6.07, 6.45) is 1.54. The molecule has 0 heterocycles. The maximum Gasteiger partial charge on any atom is 0.244 e. The van der Waals surface area contributed by atoms with E-state index in [1.54, 1.807) is 18.2 Å². The molecular formula is C21H27FN2O5S. The lowest BCUT2D eigenvalue weighted by Gasteiger charge is -2.30. The third kappa shape index (κ3) is 5.41. The maximum absolute atomic E-state index is 13.7. The van der Waals surface area contributed by atoms with Gasteiger partial charge in [-0.05, 0) is 49.2 Å². The predicted octanol–water partition coefficient (Wildman–Crippen LogP) is 3.26. The van der Waals surface area contributed by atoms with E-state index >= 15 is 0 Å². The second kappa shape index (κ2) is 9.80. The number of nitrogens with zero attached hydrogens (tertiary/aromatic N) is 1. The fourth-order valence-electron chi connectivity index (χ4n) is 3.20. The fraction of sp³-hybridized carbons (Fsp3) is 0.381. The molecule has 0 saturated carbocycles. The topological polar surface area (TPSA) is 84.9 Å². The van der Waals surface area contributed by atoms with E-state index in [9.17, 15) is 17.6 Å². The van der Waals surface area contributed by atoms with E-state index in [2.05, 4.69) is 5.32 Å². The van der Waals surface area contributed by atoms with E-state index in [1.807, 2.05) is 6.92 Å². The molecule has 0 fully saturated rings. The Labute approximate surface area is 176 Å². The molecule has 0 unspecified atom stereocenters. The molecular weight excluding hydrogens is 411 g/mol. The number of nitrogens with one attached hydrogen (secondary N) is 1. The Kier molecular flexibility index (Phi) is 7.66. The molecule has 1 N–H and O–H groups in total. The highest BCUT2D eigenvalue weighted by Gasteiger charge is 2.30. The lowest BCUT2D eigenvalue weighted by Crippen LogP contribution is -2.48. The quantitative estimate of drug-likeness (QED) is 0.650. The molecule has 2 atom stereocenters. The molecule has 0 aromatic heterocycles. The van der Waals surface area contributed by atoms with Gasteiger partial charge < -0.3 is 14.8 Å². The standard InChI is InChI=1S/C21H27FN2O5S/c1-6-18(15-10-11-19(28-3)20(12-15)29-4)23-21(25)14(2)24(30(5,26)27)17-9-7-8-16(22)13-17/h7-14,18H,6H2,1-5H3,(H,23,25)/t14-,18+/m0/s1. The molecule has 164 valence electrons. The second-order valence-electron chi connectivity index (χ2n) is 6.80. The van der Waals surface area contributed by atoms with Gasteiger partial charge in [0.2, 0.25) is 15.9 Å². The SMILES string of the molecule is CC[C@@H](NC(=O)[C@H](C)N(c1cccc(F)c1)S(C)(=O)=O)c1ccc(OC)c(OC)c1. The van der Waals surface area contributed by atoms with Crippen LogP contribution in [0, 0.1) is 5.82 Å². The van der Waals surface area contributed by atoms with Gasteiger partial charge in [-0.1, -0.05) is 19.1 Å². The lowest BCUT2D eigenvalue weighted by molar-refractivity contribution is -0.122. The minimum atomic E-state index is -3.84. The molecule has 0 saturated heterocycles. The zero-order valence-corrected chi connectivity index (χ0v) is 18.5. The molecule has 2 rings (SSSR count). The summed E-state index contributed by atoms with van der Waals surface area (Å²) in [5.41, 5.74) is 0.867. The van der Waals surface area contributed by atoms with E-state index in [0.29, 0.717) is 17.9 Å². The summed E-state index contributed by atoms with van der Waals surface area (Å²) >= 11 is 0.